The number of fused-ring (bicyclic) bond motifs is 1. The maximum Gasteiger partial charge on any atom is 0.260 e. The monoisotopic (exact) mass is 872 g/mol. The van der Waals surface area contributed by atoms with Crippen molar-refractivity contribution in [2.45, 2.75) is 134 Å². The first-order valence-corrected chi connectivity index (χ1v) is 22.5. The number of nitrogens with zero attached hydrogens (tertiary/aromatic N) is 1. The van der Waals surface area contributed by atoms with E-state index in [2.05, 4.69) is 41.7 Å². The number of carbonyl (C=O) groups is 3. The summed E-state index contributed by atoms with van der Waals surface area (Å²) in [4.78, 5) is 40.2. The van der Waals surface area contributed by atoms with Crippen LogP contribution in [-0.4, -0.2) is 62.2 Å². The van der Waals surface area contributed by atoms with Crippen LogP contribution in [0.15, 0.2) is 48.0 Å². The van der Waals surface area contributed by atoms with Gasteiger partial charge in [0.2, 0.25) is 11.8 Å². The fraction of sp³-hybridized carbons (Fsp3) is 0.551. The third-order valence-corrected chi connectivity index (χ3v) is 10.2. The lowest BCUT2D eigenvalue weighted by Crippen LogP contribution is -2.29. The molecule has 0 radical (unpaired) electrons. The van der Waals surface area contributed by atoms with Gasteiger partial charge in [0, 0.05) is 55.5 Å². The molecule has 2 aromatic carbocycles. The standard InChI is InChI=1S/C28H28ClFN4O3.C8H18.C6H13NO.C3H8O.2C2H6/c1-15-17(7-5-9-22(15)33-27(36)20(12-13-31)26(35)32-2)24-21(30)11-10-19(25(24)29)23-14-16-6-4-8-18(16)28(34-23)37-3;1-4-6-7-8(3)5-2;1-4-5(2)6(8)7-3;1-2-3-4;2*1-2/h5,7,9-12,14H,4,6,8,13,31H2,1-3H3,(H,32,35)(H,33,36);8H,4-7H2,1-3H3;5H,4H2,1-3H3,(H,7,8);4H,2-3H2,1H3;2*1-2H3/b20-12+;;;;;. The molecule has 0 aliphatic heterocycles. The number of nitrogens with one attached hydrogen (secondary N) is 3. The van der Waals surface area contributed by atoms with Gasteiger partial charge in [0.15, 0.2) is 0 Å². The van der Waals surface area contributed by atoms with Gasteiger partial charge in [-0.2, -0.15) is 0 Å². The van der Waals surface area contributed by atoms with Crippen molar-refractivity contribution in [3.8, 4) is 28.3 Å². The molecular weight excluding hydrogens is 793 g/mol. The number of aryl methyl sites for hydroxylation is 1. The number of ether oxygens (including phenoxy) is 1. The van der Waals surface area contributed by atoms with Gasteiger partial charge in [0.25, 0.3) is 11.8 Å². The summed E-state index contributed by atoms with van der Waals surface area (Å²) in [5.74, 6) is 0.117. The second-order valence-corrected chi connectivity index (χ2v) is 14.3. The summed E-state index contributed by atoms with van der Waals surface area (Å²) in [5, 5.41) is 15.8. The number of rotatable bonds is 14. The Labute approximate surface area is 373 Å². The lowest BCUT2D eigenvalue weighted by molar-refractivity contribution is -0.124. The molecule has 0 bridgehead atoms. The average molecular weight is 873 g/mol. The first-order chi connectivity index (χ1) is 29.2. The van der Waals surface area contributed by atoms with Crippen molar-refractivity contribution < 1.29 is 28.6 Å². The summed E-state index contributed by atoms with van der Waals surface area (Å²) in [6.07, 6.45) is 11.5. The van der Waals surface area contributed by atoms with E-state index in [0.29, 0.717) is 40.6 Å². The SMILES string of the molecule is CC.CC.CCC(C)C(=O)NC.CCCCC(C)CC.CCCO.CNC(=O)/C(=C\CN)C(=O)Nc1cccc(-c2c(F)ccc(-c3cc4c(c(OC)n3)CCC4)c2Cl)c1C. The minimum atomic E-state index is -0.625. The Morgan fingerprint density at radius 2 is 1.59 bits per heavy atom. The number of likely N-dealkylation sites (N-methyl/N-ethyl adjacent to an activating group) is 1. The largest absolute Gasteiger partial charge is 0.481 e. The number of unbranched alkanes of at least 4 members (excludes halogenated alkanes) is 1. The molecule has 1 aromatic heterocycles. The molecule has 3 aromatic rings. The number of anilines is 1. The molecule has 1 aliphatic carbocycles. The minimum absolute atomic E-state index is 0.0182. The van der Waals surface area contributed by atoms with Gasteiger partial charge in [-0.05, 0) is 85.9 Å². The lowest BCUT2D eigenvalue weighted by atomic mass is 9.95. The number of methoxy groups -OCH3 is 1. The molecule has 1 aliphatic rings. The van der Waals surface area contributed by atoms with E-state index in [-0.39, 0.29) is 34.5 Å². The molecule has 61 heavy (non-hydrogen) atoms. The highest BCUT2D eigenvalue weighted by molar-refractivity contribution is 6.36. The van der Waals surface area contributed by atoms with E-state index in [1.54, 1.807) is 45.3 Å². The second kappa shape index (κ2) is 34.3. The number of pyridine rings is 1. The number of benzene rings is 2. The third kappa shape index (κ3) is 19.5. The maximum atomic E-state index is 15.3. The molecule has 344 valence electrons. The van der Waals surface area contributed by atoms with E-state index in [9.17, 15) is 14.4 Å². The molecule has 0 saturated carbocycles. The van der Waals surface area contributed by atoms with Crippen LogP contribution in [0.4, 0.5) is 10.1 Å². The quantitative estimate of drug-likeness (QED) is 0.0613. The predicted molar refractivity (Wildman–Crippen MR) is 256 cm³/mol. The van der Waals surface area contributed by atoms with Crippen LogP contribution in [0, 0.1) is 24.6 Å². The number of halogens is 2. The highest BCUT2D eigenvalue weighted by atomic mass is 35.5. The van der Waals surface area contributed by atoms with Gasteiger partial charge in [-0.1, -0.05) is 125 Å². The molecular formula is C49H79ClFN5O5. The topological polar surface area (TPSA) is 156 Å². The normalized spacial score (nSPS) is 11.9. The van der Waals surface area contributed by atoms with Crippen LogP contribution in [0.5, 0.6) is 5.88 Å². The predicted octanol–water partition coefficient (Wildman–Crippen LogP) is 11.0. The molecule has 0 saturated heterocycles. The van der Waals surface area contributed by atoms with Crippen LogP contribution in [0.1, 0.15) is 131 Å². The molecule has 1 heterocycles. The van der Waals surface area contributed by atoms with E-state index < -0.39 is 17.6 Å². The molecule has 2 unspecified atom stereocenters. The van der Waals surface area contributed by atoms with Crippen LogP contribution >= 0.6 is 11.6 Å². The number of aliphatic hydroxyl groups is 1. The van der Waals surface area contributed by atoms with E-state index in [1.807, 2.05) is 54.5 Å². The van der Waals surface area contributed by atoms with Crippen LogP contribution in [0.3, 0.4) is 0 Å². The highest BCUT2D eigenvalue weighted by Gasteiger charge is 2.24. The van der Waals surface area contributed by atoms with Crippen molar-refractivity contribution in [3.05, 3.63) is 75.6 Å². The first-order valence-electron chi connectivity index (χ1n) is 22.2. The first kappa shape index (κ1) is 58.8. The van der Waals surface area contributed by atoms with Gasteiger partial charge in [-0.25, -0.2) is 9.37 Å². The average Bonchev–Trinajstić information content (AvgIpc) is 3.78. The number of aromatic nitrogens is 1. The molecule has 0 fully saturated rings. The lowest BCUT2D eigenvalue weighted by Gasteiger charge is -2.17. The number of hydrogen-bond donors (Lipinski definition) is 5. The van der Waals surface area contributed by atoms with Crippen molar-refractivity contribution in [1.29, 1.82) is 0 Å². The Kier molecular flexibility index (Phi) is 33.0. The van der Waals surface area contributed by atoms with Crippen LogP contribution < -0.4 is 26.4 Å². The van der Waals surface area contributed by atoms with E-state index in [0.717, 1.165) is 49.1 Å². The molecule has 0 spiro atoms. The molecule has 2 atom stereocenters. The van der Waals surface area contributed by atoms with Crippen molar-refractivity contribution in [2.75, 3.05) is 39.7 Å². The Morgan fingerprint density at radius 3 is 2.08 bits per heavy atom. The number of hydrogen-bond acceptors (Lipinski definition) is 7. The molecule has 10 nitrogen and oxygen atoms in total. The summed E-state index contributed by atoms with van der Waals surface area (Å²) in [5.41, 5.74) is 10.5. The maximum absolute atomic E-state index is 15.3. The third-order valence-electron chi connectivity index (χ3n) is 9.78. The second-order valence-electron chi connectivity index (χ2n) is 14.0. The summed E-state index contributed by atoms with van der Waals surface area (Å²) >= 11 is 6.83. The molecule has 12 heteroatoms. The summed E-state index contributed by atoms with van der Waals surface area (Å²) in [6, 6.07) is 10.0. The fourth-order valence-electron chi connectivity index (χ4n) is 5.81. The van der Waals surface area contributed by atoms with Crippen molar-refractivity contribution in [3.63, 3.8) is 0 Å². The van der Waals surface area contributed by atoms with E-state index >= 15 is 4.39 Å². The van der Waals surface area contributed by atoms with Gasteiger partial charge in [0.1, 0.15) is 11.4 Å². The van der Waals surface area contributed by atoms with Gasteiger partial charge in [0.05, 0.1) is 17.8 Å². The number of nitrogens with two attached hydrogens (primary N) is 1. The summed E-state index contributed by atoms with van der Waals surface area (Å²) < 4.78 is 20.8. The smallest absolute Gasteiger partial charge is 0.260 e. The highest BCUT2D eigenvalue weighted by Crippen LogP contribution is 2.42. The van der Waals surface area contributed by atoms with Crippen molar-refractivity contribution >= 4 is 35.0 Å². The van der Waals surface area contributed by atoms with E-state index in [4.69, 9.17) is 27.2 Å². The molecule has 4 rings (SSSR count). The Hall–Kier alpha value is -4.32. The zero-order valence-corrected chi connectivity index (χ0v) is 40.6. The number of aliphatic hydroxyl groups excluding tert-OH is 1. The zero-order chi connectivity index (χ0) is 47.1. The Balaban J connectivity index is 0. The molecule has 3 amide bonds. The summed E-state index contributed by atoms with van der Waals surface area (Å²) in [7, 11) is 4.67. The Morgan fingerprint density at radius 1 is 0.951 bits per heavy atom. The molecule has 6 N–H and O–H groups in total. The van der Waals surface area contributed by atoms with Gasteiger partial charge in [-0.3, -0.25) is 14.4 Å². The van der Waals surface area contributed by atoms with Crippen LogP contribution in [0.2, 0.25) is 5.02 Å². The van der Waals surface area contributed by atoms with Crippen molar-refractivity contribution in [1.82, 2.24) is 15.6 Å². The minimum Gasteiger partial charge on any atom is -0.481 e. The number of amides is 3. The van der Waals surface area contributed by atoms with Crippen molar-refractivity contribution in [2.24, 2.45) is 17.6 Å². The van der Waals surface area contributed by atoms with Crippen LogP contribution in [-0.2, 0) is 27.2 Å². The van der Waals surface area contributed by atoms with Gasteiger partial charge < -0.3 is 31.5 Å². The Bertz CT molecular complexity index is 1770. The fourth-order valence-corrected chi connectivity index (χ4v) is 6.16. The summed E-state index contributed by atoms with van der Waals surface area (Å²) in [6.45, 7) is 22.8. The number of carbonyl (C=O) groups excluding carboxylic acids is 3. The zero-order valence-electron chi connectivity index (χ0n) is 39.8. The van der Waals surface area contributed by atoms with Gasteiger partial charge >= 0.3 is 0 Å². The van der Waals surface area contributed by atoms with E-state index in [1.165, 1.54) is 44.9 Å². The van der Waals surface area contributed by atoms with Gasteiger partial charge in [-0.15, -0.1) is 0 Å². The van der Waals surface area contributed by atoms with Crippen LogP contribution in [0.25, 0.3) is 22.4 Å².